The predicted octanol–water partition coefficient (Wildman–Crippen LogP) is 3.56. The number of aromatic nitrogens is 2. The highest BCUT2D eigenvalue weighted by Crippen LogP contribution is 2.10. The van der Waals surface area contributed by atoms with Gasteiger partial charge < -0.3 is 0 Å². The second-order valence-corrected chi connectivity index (χ2v) is 5.57. The summed E-state index contributed by atoms with van der Waals surface area (Å²) in [6, 6.07) is 2.03. The molecule has 0 spiro atoms. The number of anilines is 1. The molecule has 2 heterocycles. The number of pyridine rings is 1. The molecular weight excluding hydrogens is 304 g/mol. The third kappa shape index (κ3) is 4.99. The Morgan fingerprint density at radius 1 is 1.30 bits per heavy atom. The number of hydrogen-bond acceptors (Lipinski definition) is 5. The molecule has 2 aromatic rings. The average molecular weight is 331 g/mol. The molecule has 0 atom stereocenters. The third-order valence-electron chi connectivity index (χ3n) is 3.22. The maximum absolute atomic E-state index is 4.51. The highest BCUT2D eigenvalue weighted by Gasteiger charge is 2.04. The summed E-state index contributed by atoms with van der Waals surface area (Å²) >= 11 is 1.60. The molecule has 0 bridgehead atoms. The van der Waals surface area contributed by atoms with Gasteiger partial charge in [-0.15, -0.1) is 0 Å². The van der Waals surface area contributed by atoms with E-state index < -0.39 is 0 Å². The van der Waals surface area contributed by atoms with E-state index in [4.69, 9.17) is 0 Å². The number of hydrogen-bond donors (Lipinski definition) is 1. The molecule has 23 heavy (non-hydrogen) atoms. The standard InChI is InChI=1S/C16H20N4S.C2H6/c1-5-12-8-9-17-10-13(12)11(4)19-20-16-18-14(6-2)15(7-3)21-16;1-2/h6-10H,5H2,1-4H3,(H,18,20);1-2H3/b14-6+,15-7+,19-11-;. The van der Waals surface area contributed by atoms with Crippen LogP contribution in [0.5, 0.6) is 0 Å². The Labute approximate surface area is 142 Å². The van der Waals surface area contributed by atoms with E-state index in [1.807, 2.05) is 59.2 Å². The van der Waals surface area contributed by atoms with Gasteiger partial charge in [0, 0.05) is 18.0 Å². The van der Waals surface area contributed by atoms with Crippen molar-refractivity contribution in [2.75, 3.05) is 5.43 Å². The molecule has 2 aromatic heterocycles. The van der Waals surface area contributed by atoms with Crippen LogP contribution in [-0.4, -0.2) is 15.7 Å². The van der Waals surface area contributed by atoms with Crippen LogP contribution in [0.4, 0.5) is 5.13 Å². The second-order valence-electron chi connectivity index (χ2n) is 4.54. The van der Waals surface area contributed by atoms with E-state index in [1.54, 1.807) is 11.3 Å². The van der Waals surface area contributed by atoms with Gasteiger partial charge in [0.05, 0.1) is 15.6 Å². The smallest absolute Gasteiger partial charge is 0.204 e. The first kappa shape index (κ1) is 19.0. The number of aryl methyl sites for hydroxylation is 1. The molecule has 0 saturated heterocycles. The summed E-state index contributed by atoms with van der Waals surface area (Å²) < 4.78 is 1.16. The van der Waals surface area contributed by atoms with E-state index in [-0.39, 0.29) is 0 Å². The number of nitrogens with zero attached hydrogens (tertiary/aromatic N) is 3. The fourth-order valence-corrected chi connectivity index (χ4v) is 2.88. The zero-order valence-corrected chi connectivity index (χ0v) is 15.7. The summed E-state index contributed by atoms with van der Waals surface area (Å²) in [6.07, 6.45) is 8.70. The Bertz CT molecular complexity index is 728. The number of hydrazone groups is 1. The Kier molecular flexibility index (Phi) is 8.19. The maximum atomic E-state index is 4.51. The van der Waals surface area contributed by atoms with Crippen LogP contribution in [0.15, 0.2) is 23.6 Å². The highest BCUT2D eigenvalue weighted by molar-refractivity contribution is 7.13. The molecule has 0 aliphatic rings. The summed E-state index contributed by atoms with van der Waals surface area (Å²) in [5, 5.41) is 6.24. The average Bonchev–Trinajstić information content (AvgIpc) is 3.03. The quantitative estimate of drug-likeness (QED) is 0.689. The van der Waals surface area contributed by atoms with Gasteiger partial charge >= 0.3 is 0 Å². The normalized spacial score (nSPS) is 12.9. The fraction of sp³-hybridized carbons (Fsp3) is 0.389. The van der Waals surface area contributed by atoms with Gasteiger partial charge in [-0.05, 0) is 38.8 Å². The van der Waals surface area contributed by atoms with Gasteiger partial charge in [-0.25, -0.2) is 4.98 Å². The van der Waals surface area contributed by atoms with Crippen molar-refractivity contribution in [1.82, 2.24) is 9.97 Å². The lowest BCUT2D eigenvalue weighted by molar-refractivity contribution is 1.10. The lowest BCUT2D eigenvalue weighted by atomic mass is 10.1. The van der Waals surface area contributed by atoms with Crippen molar-refractivity contribution in [1.29, 1.82) is 0 Å². The number of thiazole rings is 1. The number of nitrogens with one attached hydrogen (secondary N) is 1. The molecule has 0 unspecified atom stereocenters. The third-order valence-corrected chi connectivity index (χ3v) is 4.26. The van der Waals surface area contributed by atoms with Crippen LogP contribution in [0.2, 0.25) is 0 Å². The molecule has 0 aliphatic heterocycles. The Morgan fingerprint density at radius 3 is 2.61 bits per heavy atom. The lowest BCUT2D eigenvalue weighted by Crippen LogP contribution is -2.19. The molecule has 0 radical (unpaired) electrons. The summed E-state index contributed by atoms with van der Waals surface area (Å²) in [5.41, 5.74) is 6.29. The zero-order chi connectivity index (χ0) is 17.2. The van der Waals surface area contributed by atoms with Crippen LogP contribution in [0.25, 0.3) is 12.2 Å². The van der Waals surface area contributed by atoms with Crippen molar-refractivity contribution in [2.45, 2.75) is 48.0 Å². The molecule has 0 saturated carbocycles. The van der Waals surface area contributed by atoms with Gasteiger partial charge in [0.2, 0.25) is 5.13 Å². The van der Waals surface area contributed by atoms with Crippen molar-refractivity contribution in [3.05, 3.63) is 39.5 Å². The second kappa shape index (κ2) is 9.90. The minimum Gasteiger partial charge on any atom is -0.264 e. The van der Waals surface area contributed by atoms with Gasteiger partial charge in [0.15, 0.2) is 0 Å². The fourth-order valence-electron chi connectivity index (χ4n) is 2.05. The van der Waals surface area contributed by atoms with Crippen LogP contribution in [-0.2, 0) is 6.42 Å². The van der Waals surface area contributed by atoms with E-state index in [9.17, 15) is 0 Å². The molecule has 0 fully saturated rings. The Morgan fingerprint density at radius 2 is 2.04 bits per heavy atom. The first-order valence-corrected chi connectivity index (χ1v) is 8.84. The van der Waals surface area contributed by atoms with Crippen LogP contribution in [0.1, 0.15) is 52.7 Å². The summed E-state index contributed by atoms with van der Waals surface area (Å²) in [4.78, 5) is 8.69. The van der Waals surface area contributed by atoms with E-state index in [0.29, 0.717) is 0 Å². The van der Waals surface area contributed by atoms with E-state index >= 15 is 0 Å². The van der Waals surface area contributed by atoms with Crippen LogP contribution >= 0.6 is 11.3 Å². The monoisotopic (exact) mass is 330 g/mol. The number of rotatable bonds is 4. The first-order valence-electron chi connectivity index (χ1n) is 8.02. The molecule has 0 aromatic carbocycles. The van der Waals surface area contributed by atoms with Crippen molar-refractivity contribution in [3.63, 3.8) is 0 Å². The van der Waals surface area contributed by atoms with Gasteiger partial charge in [-0.3, -0.25) is 10.4 Å². The SMILES string of the molecule is C/C=c1/nc(N/N=C(/C)c2cnccc2CC)s/c1=C/C.CC. The summed E-state index contributed by atoms with van der Waals surface area (Å²) in [6.45, 7) is 12.1. The van der Waals surface area contributed by atoms with E-state index in [0.717, 1.165) is 32.7 Å². The molecular formula is C18H26N4S. The van der Waals surface area contributed by atoms with Crippen LogP contribution < -0.4 is 15.3 Å². The van der Waals surface area contributed by atoms with Crippen molar-refractivity contribution in [3.8, 4) is 0 Å². The topological polar surface area (TPSA) is 50.2 Å². The van der Waals surface area contributed by atoms with Crippen LogP contribution in [0, 0.1) is 0 Å². The van der Waals surface area contributed by atoms with Gasteiger partial charge in [0.1, 0.15) is 0 Å². The molecule has 124 valence electrons. The predicted molar refractivity (Wildman–Crippen MR) is 102 cm³/mol. The molecule has 4 nitrogen and oxygen atoms in total. The minimum atomic E-state index is 0.803. The molecule has 5 heteroatoms. The summed E-state index contributed by atoms with van der Waals surface area (Å²) in [7, 11) is 0. The van der Waals surface area contributed by atoms with Gasteiger partial charge in [0.25, 0.3) is 0 Å². The van der Waals surface area contributed by atoms with Crippen molar-refractivity contribution < 1.29 is 0 Å². The largest absolute Gasteiger partial charge is 0.264 e. The zero-order valence-electron chi connectivity index (χ0n) is 14.8. The van der Waals surface area contributed by atoms with Crippen molar-refractivity contribution >= 4 is 34.3 Å². The first-order chi connectivity index (χ1) is 11.2. The van der Waals surface area contributed by atoms with Gasteiger partial charge in [-0.1, -0.05) is 44.3 Å². The highest BCUT2D eigenvalue weighted by atomic mass is 32.1. The molecule has 0 amide bonds. The molecule has 1 N–H and O–H groups in total. The Hall–Kier alpha value is -2.01. The summed E-state index contributed by atoms with van der Waals surface area (Å²) in [5.74, 6) is 0. The van der Waals surface area contributed by atoms with Crippen LogP contribution in [0.3, 0.4) is 0 Å². The Balaban J connectivity index is 0.00000127. The maximum Gasteiger partial charge on any atom is 0.204 e. The van der Waals surface area contributed by atoms with Crippen molar-refractivity contribution in [2.24, 2.45) is 5.10 Å². The van der Waals surface area contributed by atoms with Gasteiger partial charge in [-0.2, -0.15) is 5.10 Å². The lowest BCUT2D eigenvalue weighted by Gasteiger charge is -2.06. The minimum absolute atomic E-state index is 0.803. The molecule has 2 rings (SSSR count). The molecule has 0 aliphatic carbocycles. The van der Waals surface area contributed by atoms with E-state index in [1.165, 1.54) is 5.56 Å². The van der Waals surface area contributed by atoms with E-state index in [2.05, 4.69) is 33.5 Å².